The van der Waals surface area contributed by atoms with Crippen LogP contribution in [0.3, 0.4) is 0 Å². The van der Waals surface area contributed by atoms with Crippen LogP contribution in [0.5, 0.6) is 0 Å². The fourth-order valence-corrected chi connectivity index (χ4v) is 2.70. The van der Waals surface area contributed by atoms with Gasteiger partial charge in [-0.15, -0.1) is 0 Å². The first-order valence-corrected chi connectivity index (χ1v) is 7.37. The first-order valence-electron chi connectivity index (χ1n) is 6.49. The number of rotatable bonds is 1. The summed E-state index contributed by atoms with van der Waals surface area (Å²) < 4.78 is 23.1. The molecule has 2 rings (SSSR count). The molecule has 0 bridgehead atoms. The van der Waals surface area contributed by atoms with E-state index in [1.165, 1.54) is 17.8 Å². The Balaban J connectivity index is 0.000000829. The van der Waals surface area contributed by atoms with Crippen molar-refractivity contribution >= 4 is 22.6 Å². The predicted octanol–water partition coefficient (Wildman–Crippen LogP) is 3.90. The Hall–Kier alpha value is -1.30. The number of amidine groups is 1. The van der Waals surface area contributed by atoms with Gasteiger partial charge in [0, 0.05) is 16.5 Å². The number of nitrogens with two attached hydrogens (primary N) is 2. The molecule has 0 aliphatic carbocycles. The maximum absolute atomic E-state index is 13.6. The second-order valence-electron chi connectivity index (χ2n) is 3.93. The minimum absolute atomic E-state index is 0.209. The molecule has 0 spiro atoms. The number of thioether (sulfide) groups is 1. The van der Waals surface area contributed by atoms with E-state index in [0.717, 1.165) is 6.42 Å². The van der Waals surface area contributed by atoms with Crippen LogP contribution in [0.15, 0.2) is 23.2 Å². The fourth-order valence-electron chi connectivity index (χ4n) is 1.82. The van der Waals surface area contributed by atoms with Crippen molar-refractivity contribution < 1.29 is 8.78 Å². The molecule has 0 saturated carbocycles. The average molecular weight is 303 g/mol. The van der Waals surface area contributed by atoms with Crippen LogP contribution >= 0.6 is 11.8 Å². The third-order valence-corrected chi connectivity index (χ3v) is 3.48. The maximum atomic E-state index is 13.6. The summed E-state index contributed by atoms with van der Waals surface area (Å²) in [4.78, 5) is 4.27. The van der Waals surface area contributed by atoms with Gasteiger partial charge < -0.3 is 11.5 Å². The lowest BCUT2D eigenvalue weighted by Gasteiger charge is -2.23. The third kappa shape index (κ3) is 5.36. The minimum atomic E-state index is -0.269. The Labute approximate surface area is 123 Å². The Bertz CT molecular complexity index is 438. The first kappa shape index (κ1) is 18.7. The van der Waals surface area contributed by atoms with Crippen molar-refractivity contribution in [2.24, 2.45) is 10.7 Å². The molecule has 114 valence electrons. The van der Waals surface area contributed by atoms with Gasteiger partial charge in [-0.2, -0.15) is 0 Å². The summed E-state index contributed by atoms with van der Waals surface area (Å²) in [5, 5.41) is 0.869. The van der Waals surface area contributed by atoms with E-state index in [0.29, 0.717) is 28.8 Å². The van der Waals surface area contributed by atoms with Gasteiger partial charge in [-0.25, -0.2) is 4.39 Å². The Morgan fingerprint density at radius 2 is 1.85 bits per heavy atom. The van der Waals surface area contributed by atoms with Gasteiger partial charge >= 0.3 is 0 Å². The zero-order valence-electron chi connectivity index (χ0n) is 12.4. The molecular formula is C14H23F2N3S. The molecular weight excluding hydrogens is 280 g/mol. The van der Waals surface area contributed by atoms with Gasteiger partial charge in [-0.3, -0.25) is 9.38 Å². The molecule has 1 heterocycles. The highest BCUT2D eigenvalue weighted by molar-refractivity contribution is 8.14. The molecule has 6 heteroatoms. The predicted molar refractivity (Wildman–Crippen MR) is 85.2 cm³/mol. The zero-order chi connectivity index (χ0) is 15.7. The number of alkyl halides is 1. The lowest BCUT2D eigenvalue weighted by molar-refractivity contribution is 0.563. The van der Waals surface area contributed by atoms with Crippen LogP contribution in [0.1, 0.15) is 38.8 Å². The Morgan fingerprint density at radius 1 is 1.25 bits per heavy atom. The highest BCUT2D eigenvalue weighted by Crippen LogP contribution is 2.34. The molecule has 1 aliphatic heterocycles. The second-order valence-corrected chi connectivity index (χ2v) is 5.39. The molecule has 0 radical (unpaired) electrons. The molecule has 0 fully saturated rings. The van der Waals surface area contributed by atoms with Crippen LogP contribution in [-0.4, -0.2) is 17.6 Å². The number of benzene rings is 1. The van der Waals surface area contributed by atoms with Crippen molar-refractivity contribution in [3.05, 3.63) is 29.6 Å². The fraction of sp³-hybridized carbons (Fsp3) is 0.500. The molecule has 2 unspecified atom stereocenters. The van der Waals surface area contributed by atoms with Crippen LogP contribution in [-0.2, 0) is 0 Å². The monoisotopic (exact) mass is 303 g/mol. The largest absolute Gasteiger partial charge is 0.399 e. The van der Waals surface area contributed by atoms with Crippen LogP contribution in [0.4, 0.5) is 14.5 Å². The van der Waals surface area contributed by atoms with E-state index >= 15 is 0 Å². The molecule has 1 aromatic rings. The highest BCUT2D eigenvalue weighted by Gasteiger charge is 2.23. The lowest BCUT2D eigenvalue weighted by Crippen LogP contribution is -2.21. The number of anilines is 1. The lowest BCUT2D eigenvalue weighted by atomic mass is 10.0. The third-order valence-electron chi connectivity index (χ3n) is 2.54. The quantitative estimate of drug-likeness (QED) is 0.773. The Kier molecular flexibility index (Phi) is 8.96. The molecule has 0 saturated heterocycles. The number of hydrogen-bond donors (Lipinski definition) is 2. The van der Waals surface area contributed by atoms with Crippen LogP contribution in [0.2, 0.25) is 0 Å². The zero-order valence-corrected chi connectivity index (χ0v) is 13.2. The van der Waals surface area contributed by atoms with Crippen LogP contribution in [0, 0.1) is 5.82 Å². The van der Waals surface area contributed by atoms with E-state index in [2.05, 4.69) is 11.9 Å². The number of nitrogens with zero attached hydrogens (tertiary/aromatic N) is 1. The topological polar surface area (TPSA) is 64.4 Å². The maximum Gasteiger partial charge on any atom is 0.154 e. The number of aliphatic imine (C=N–C) groups is 1. The molecule has 3 nitrogen and oxygen atoms in total. The molecule has 20 heavy (non-hydrogen) atoms. The van der Waals surface area contributed by atoms with Gasteiger partial charge in [0.25, 0.3) is 0 Å². The van der Waals surface area contributed by atoms with Crippen molar-refractivity contribution in [2.75, 3.05) is 12.9 Å². The van der Waals surface area contributed by atoms with Crippen molar-refractivity contribution in [1.82, 2.24) is 0 Å². The van der Waals surface area contributed by atoms with E-state index in [4.69, 9.17) is 11.5 Å². The molecule has 0 aromatic heterocycles. The summed E-state index contributed by atoms with van der Waals surface area (Å²) >= 11 is 1.52. The van der Waals surface area contributed by atoms with Gasteiger partial charge in [0.05, 0.1) is 13.2 Å². The van der Waals surface area contributed by atoms with Crippen molar-refractivity contribution in [1.29, 1.82) is 0 Å². The molecule has 4 N–H and O–H groups in total. The first-order chi connectivity index (χ1) is 9.56. The summed E-state index contributed by atoms with van der Waals surface area (Å²) in [6.07, 6.45) is 0.783. The number of nitrogen functional groups attached to an aromatic ring is 1. The number of hydrogen-bond acceptors (Lipinski definition) is 4. The van der Waals surface area contributed by atoms with Gasteiger partial charge in [-0.1, -0.05) is 32.5 Å². The van der Waals surface area contributed by atoms with Gasteiger partial charge in [-0.05, 0) is 24.6 Å². The van der Waals surface area contributed by atoms with Crippen molar-refractivity contribution in [3.63, 3.8) is 0 Å². The molecule has 1 aliphatic rings. The standard InChI is InChI=1S/C11H14FN3S.C2H6.CH3F/c1-6-4-10(15-11(14)16-6)8-5-7(13)2-3-9(8)12;2*1-2/h2-3,5-6,10H,4,13H2,1H3,(H2,14,15);1-2H3;1H3. The Morgan fingerprint density at radius 3 is 2.40 bits per heavy atom. The second kappa shape index (κ2) is 9.58. The van der Waals surface area contributed by atoms with E-state index in [9.17, 15) is 8.78 Å². The summed E-state index contributed by atoms with van der Waals surface area (Å²) in [5.41, 5.74) is 12.4. The molecule has 0 amide bonds. The van der Waals surface area contributed by atoms with Gasteiger partial charge in [0.1, 0.15) is 5.82 Å². The minimum Gasteiger partial charge on any atom is -0.399 e. The number of halogens is 2. The summed E-state index contributed by atoms with van der Waals surface area (Å²) in [7, 11) is 0.500. The van der Waals surface area contributed by atoms with Gasteiger partial charge in [0.2, 0.25) is 0 Å². The average Bonchev–Trinajstić information content (AvgIpc) is 2.45. The van der Waals surface area contributed by atoms with Crippen molar-refractivity contribution in [3.8, 4) is 0 Å². The molecule has 1 aromatic carbocycles. The smallest absolute Gasteiger partial charge is 0.154 e. The molecule has 2 atom stereocenters. The van der Waals surface area contributed by atoms with E-state index in [1.54, 1.807) is 12.1 Å². The van der Waals surface area contributed by atoms with Crippen LogP contribution in [0.25, 0.3) is 0 Å². The van der Waals surface area contributed by atoms with Crippen molar-refractivity contribution in [2.45, 2.75) is 38.5 Å². The highest BCUT2D eigenvalue weighted by atomic mass is 32.2. The summed E-state index contributed by atoms with van der Waals surface area (Å²) in [6.45, 7) is 6.06. The summed E-state index contributed by atoms with van der Waals surface area (Å²) in [6, 6.07) is 4.36. The van der Waals surface area contributed by atoms with E-state index < -0.39 is 0 Å². The van der Waals surface area contributed by atoms with Gasteiger partial charge in [0.15, 0.2) is 5.17 Å². The SMILES string of the molecule is CC.CC1CC(c2cc(N)ccc2F)N=C(N)S1.CF. The summed E-state index contributed by atoms with van der Waals surface area (Å²) in [5.74, 6) is -0.269. The van der Waals surface area contributed by atoms with E-state index in [-0.39, 0.29) is 11.9 Å². The van der Waals surface area contributed by atoms with Crippen LogP contribution < -0.4 is 11.5 Å². The van der Waals surface area contributed by atoms with E-state index in [1.807, 2.05) is 13.8 Å². The normalized spacial score (nSPS) is 20.8.